The van der Waals surface area contributed by atoms with Crippen molar-refractivity contribution in [3.8, 4) is 0 Å². The third-order valence-corrected chi connectivity index (χ3v) is 6.22. The number of benzene rings is 1. The molecule has 2 rings (SSSR count). The fourth-order valence-electron chi connectivity index (χ4n) is 2.02. The zero-order valence-electron chi connectivity index (χ0n) is 14.6. The summed E-state index contributed by atoms with van der Waals surface area (Å²) in [7, 11) is -3.44. The first kappa shape index (κ1) is 19.1. The smallest absolute Gasteiger partial charge is 0.240 e. The van der Waals surface area contributed by atoms with Gasteiger partial charge in [-0.3, -0.25) is 0 Å². The lowest BCUT2D eigenvalue weighted by atomic mass is 9.98. The fraction of sp³-hybridized carbons (Fsp3) is 0.471. The summed E-state index contributed by atoms with van der Waals surface area (Å²) < 4.78 is 26.9. The molecule has 2 N–H and O–H groups in total. The molecular weight excluding hydrogens is 342 g/mol. The number of nitrogens with zero attached hydrogens (tertiary/aromatic N) is 1. The van der Waals surface area contributed by atoms with Crippen LogP contribution in [-0.2, 0) is 22.0 Å². The average molecular weight is 368 g/mol. The Bertz CT molecular complexity index is 760. The van der Waals surface area contributed by atoms with E-state index < -0.39 is 10.0 Å². The van der Waals surface area contributed by atoms with Gasteiger partial charge in [0.1, 0.15) is 0 Å². The first-order chi connectivity index (χ1) is 11.2. The topological polar surface area (TPSA) is 71.1 Å². The van der Waals surface area contributed by atoms with Gasteiger partial charge in [0.05, 0.1) is 15.6 Å². The normalized spacial score (nSPS) is 12.5. The summed E-state index contributed by atoms with van der Waals surface area (Å²) in [6, 6.07) is 6.83. The van der Waals surface area contributed by atoms with E-state index in [4.69, 9.17) is 0 Å². The number of sulfonamides is 1. The SMILES string of the molecule is Cc1ccc(S(=O)(=O)NCCNCc2csc(C(C)(C)C)n2)cc1. The van der Waals surface area contributed by atoms with Crippen LogP contribution < -0.4 is 10.0 Å². The molecule has 0 radical (unpaired) electrons. The second-order valence-corrected chi connectivity index (χ2v) is 9.41. The lowest BCUT2D eigenvalue weighted by molar-refractivity contribution is 0.571. The number of hydrogen-bond donors (Lipinski definition) is 2. The first-order valence-corrected chi connectivity index (χ1v) is 10.3. The predicted octanol–water partition coefficient (Wildman–Crippen LogP) is 2.82. The summed E-state index contributed by atoms with van der Waals surface area (Å²) in [5, 5.41) is 6.37. The van der Waals surface area contributed by atoms with Crippen LogP contribution in [0.1, 0.15) is 37.0 Å². The number of aryl methyl sites for hydroxylation is 1. The largest absolute Gasteiger partial charge is 0.310 e. The molecule has 1 aromatic heterocycles. The minimum absolute atomic E-state index is 0.0621. The zero-order chi connectivity index (χ0) is 17.8. The molecule has 2 aromatic rings. The highest BCUT2D eigenvalue weighted by molar-refractivity contribution is 7.89. The third-order valence-electron chi connectivity index (χ3n) is 3.42. The molecule has 0 unspecified atom stereocenters. The van der Waals surface area contributed by atoms with E-state index in [0.717, 1.165) is 16.3 Å². The Labute approximate surface area is 148 Å². The van der Waals surface area contributed by atoms with Crippen molar-refractivity contribution in [2.24, 2.45) is 0 Å². The van der Waals surface area contributed by atoms with Gasteiger partial charge in [0, 0.05) is 30.4 Å². The van der Waals surface area contributed by atoms with Crippen molar-refractivity contribution < 1.29 is 8.42 Å². The molecular formula is C17H25N3O2S2. The monoisotopic (exact) mass is 367 g/mol. The molecule has 1 heterocycles. The molecule has 0 saturated carbocycles. The van der Waals surface area contributed by atoms with Gasteiger partial charge < -0.3 is 5.32 Å². The average Bonchev–Trinajstić information content (AvgIpc) is 2.96. The number of thiazole rings is 1. The predicted molar refractivity (Wildman–Crippen MR) is 98.9 cm³/mol. The van der Waals surface area contributed by atoms with E-state index in [1.807, 2.05) is 12.3 Å². The summed E-state index contributed by atoms with van der Waals surface area (Å²) in [6.07, 6.45) is 0. The molecule has 24 heavy (non-hydrogen) atoms. The summed E-state index contributed by atoms with van der Waals surface area (Å²) in [6.45, 7) is 9.88. The molecule has 1 aromatic carbocycles. The second kappa shape index (κ2) is 7.74. The molecule has 0 amide bonds. The van der Waals surface area contributed by atoms with Gasteiger partial charge in [-0.15, -0.1) is 11.3 Å². The Hall–Kier alpha value is -1.28. The van der Waals surface area contributed by atoms with E-state index in [2.05, 4.69) is 35.8 Å². The van der Waals surface area contributed by atoms with Crippen molar-refractivity contribution in [3.63, 3.8) is 0 Å². The van der Waals surface area contributed by atoms with Gasteiger partial charge in [0.2, 0.25) is 10.0 Å². The van der Waals surface area contributed by atoms with Gasteiger partial charge in [-0.25, -0.2) is 18.1 Å². The quantitative estimate of drug-likeness (QED) is 0.738. The lowest BCUT2D eigenvalue weighted by Gasteiger charge is -2.13. The highest BCUT2D eigenvalue weighted by Gasteiger charge is 2.17. The molecule has 0 saturated heterocycles. The number of hydrogen-bond acceptors (Lipinski definition) is 5. The molecule has 0 fully saturated rings. The standard InChI is InChI=1S/C17H25N3O2S2/c1-13-5-7-15(8-6-13)24(21,22)19-10-9-18-11-14-12-23-16(20-14)17(2,3)4/h5-8,12,18-19H,9-11H2,1-4H3. The minimum Gasteiger partial charge on any atom is -0.310 e. The van der Waals surface area contributed by atoms with Gasteiger partial charge in [-0.1, -0.05) is 38.5 Å². The van der Waals surface area contributed by atoms with E-state index in [1.165, 1.54) is 0 Å². The number of aromatic nitrogens is 1. The Morgan fingerprint density at radius 3 is 2.38 bits per heavy atom. The fourth-order valence-corrected chi connectivity index (χ4v) is 3.96. The van der Waals surface area contributed by atoms with Gasteiger partial charge in [-0.05, 0) is 19.1 Å². The van der Waals surface area contributed by atoms with E-state index in [0.29, 0.717) is 24.5 Å². The molecule has 5 nitrogen and oxygen atoms in total. The summed E-state index contributed by atoms with van der Waals surface area (Å²) in [4.78, 5) is 4.89. The first-order valence-electron chi connectivity index (χ1n) is 7.90. The summed E-state index contributed by atoms with van der Waals surface area (Å²) in [5.41, 5.74) is 2.09. The Morgan fingerprint density at radius 1 is 1.12 bits per heavy atom. The third kappa shape index (κ3) is 5.37. The van der Waals surface area contributed by atoms with E-state index >= 15 is 0 Å². The molecule has 7 heteroatoms. The molecule has 0 atom stereocenters. The van der Waals surface area contributed by atoms with Crippen LogP contribution in [0.2, 0.25) is 0 Å². The maximum Gasteiger partial charge on any atom is 0.240 e. The number of nitrogens with one attached hydrogen (secondary N) is 2. The van der Waals surface area contributed by atoms with Crippen LogP contribution in [-0.4, -0.2) is 26.5 Å². The van der Waals surface area contributed by atoms with Crippen molar-refractivity contribution in [1.82, 2.24) is 15.0 Å². The van der Waals surface area contributed by atoms with E-state index in [9.17, 15) is 8.42 Å². The molecule has 0 aliphatic carbocycles. The molecule has 0 aliphatic heterocycles. The maximum atomic E-state index is 12.1. The van der Waals surface area contributed by atoms with E-state index in [-0.39, 0.29) is 5.41 Å². The highest BCUT2D eigenvalue weighted by atomic mass is 32.2. The summed E-state index contributed by atoms with van der Waals surface area (Å²) >= 11 is 1.66. The van der Waals surface area contributed by atoms with Gasteiger partial charge in [-0.2, -0.15) is 0 Å². The molecule has 0 bridgehead atoms. The van der Waals surface area contributed by atoms with Crippen molar-refractivity contribution in [2.75, 3.05) is 13.1 Å². The summed E-state index contributed by atoms with van der Waals surface area (Å²) in [5.74, 6) is 0. The van der Waals surface area contributed by atoms with Crippen LogP contribution in [0.5, 0.6) is 0 Å². The van der Waals surface area contributed by atoms with Crippen molar-refractivity contribution in [1.29, 1.82) is 0 Å². The van der Waals surface area contributed by atoms with Crippen molar-refractivity contribution in [2.45, 2.75) is 44.6 Å². The molecule has 0 aliphatic rings. The van der Waals surface area contributed by atoms with Crippen LogP contribution >= 0.6 is 11.3 Å². The van der Waals surface area contributed by atoms with Crippen LogP contribution in [0.4, 0.5) is 0 Å². The van der Waals surface area contributed by atoms with Crippen LogP contribution in [0.15, 0.2) is 34.5 Å². The van der Waals surface area contributed by atoms with Crippen LogP contribution in [0, 0.1) is 6.92 Å². The van der Waals surface area contributed by atoms with Gasteiger partial charge >= 0.3 is 0 Å². The maximum absolute atomic E-state index is 12.1. The Balaban J connectivity index is 1.77. The Morgan fingerprint density at radius 2 is 1.79 bits per heavy atom. The van der Waals surface area contributed by atoms with Crippen molar-refractivity contribution in [3.05, 3.63) is 45.9 Å². The van der Waals surface area contributed by atoms with Crippen LogP contribution in [0.3, 0.4) is 0 Å². The minimum atomic E-state index is -3.44. The highest BCUT2D eigenvalue weighted by Crippen LogP contribution is 2.25. The van der Waals surface area contributed by atoms with Gasteiger partial charge in [0.15, 0.2) is 0 Å². The second-order valence-electron chi connectivity index (χ2n) is 6.78. The number of rotatable bonds is 7. The van der Waals surface area contributed by atoms with E-state index in [1.54, 1.807) is 35.6 Å². The van der Waals surface area contributed by atoms with Gasteiger partial charge in [0.25, 0.3) is 0 Å². The Kier molecular flexibility index (Phi) is 6.14. The van der Waals surface area contributed by atoms with Crippen molar-refractivity contribution >= 4 is 21.4 Å². The molecule has 0 spiro atoms. The molecule has 132 valence electrons. The zero-order valence-corrected chi connectivity index (χ0v) is 16.2. The van der Waals surface area contributed by atoms with Crippen LogP contribution in [0.25, 0.3) is 0 Å². The lowest BCUT2D eigenvalue weighted by Crippen LogP contribution is -2.31.